The Labute approximate surface area is 241 Å². The molecular weight excluding hydrogens is 535 g/mol. The van der Waals surface area contributed by atoms with Crippen molar-refractivity contribution in [2.24, 2.45) is 17.4 Å². The largest absolute Gasteiger partial charge is 0.390 e. The molecule has 40 heavy (non-hydrogen) atoms. The Morgan fingerprint density at radius 3 is 1.95 bits per heavy atom. The monoisotopic (exact) mass is 576 g/mol. The number of amides is 3. The van der Waals surface area contributed by atoms with E-state index in [1.807, 2.05) is 27.7 Å². The van der Waals surface area contributed by atoms with Crippen LogP contribution in [0.3, 0.4) is 0 Å². The quantitative estimate of drug-likeness (QED) is 0.292. The molecule has 5 N–H and O–H groups in total. The Balaban J connectivity index is 2.37. The van der Waals surface area contributed by atoms with Gasteiger partial charge in [-0.15, -0.1) is 0 Å². The van der Waals surface area contributed by atoms with E-state index in [1.54, 1.807) is 11.0 Å². The third kappa shape index (κ3) is 9.87. The van der Waals surface area contributed by atoms with Crippen LogP contribution in [-0.2, 0) is 6.42 Å². The molecule has 0 unspecified atom stereocenters. The first-order chi connectivity index (χ1) is 18.9. The first kappa shape index (κ1) is 33.2. The summed E-state index contributed by atoms with van der Waals surface area (Å²) in [5, 5.41) is 11.2. The van der Waals surface area contributed by atoms with Crippen LogP contribution < -0.4 is 11.5 Å². The fourth-order valence-corrected chi connectivity index (χ4v) is 4.67. The fraction of sp³-hybridized carbons (Fsp3) is 0.500. The summed E-state index contributed by atoms with van der Waals surface area (Å²) in [6.07, 6.45) is 1.18. The van der Waals surface area contributed by atoms with Crippen LogP contribution in [0.15, 0.2) is 36.4 Å². The molecule has 3 amide bonds. The number of hydrogen-bond acceptors (Lipinski definition) is 5. The summed E-state index contributed by atoms with van der Waals surface area (Å²) in [6.45, 7) is 9.26. The third-order valence-electron chi connectivity index (χ3n) is 6.54. The van der Waals surface area contributed by atoms with E-state index in [0.29, 0.717) is 31.6 Å². The van der Waals surface area contributed by atoms with Crippen molar-refractivity contribution in [3.8, 4) is 0 Å². The first-order valence-electron chi connectivity index (χ1n) is 13.8. The van der Waals surface area contributed by atoms with E-state index in [1.165, 1.54) is 35.2 Å². The van der Waals surface area contributed by atoms with Crippen LogP contribution in [0.5, 0.6) is 0 Å². The van der Waals surface area contributed by atoms with E-state index >= 15 is 0 Å². The highest BCUT2D eigenvalue weighted by Crippen LogP contribution is 2.19. The number of carbonyl (C=O) groups is 3. The zero-order valence-corrected chi connectivity index (χ0v) is 24.6. The zero-order chi connectivity index (χ0) is 30.0. The van der Waals surface area contributed by atoms with Crippen molar-refractivity contribution >= 4 is 29.3 Å². The van der Waals surface area contributed by atoms with Gasteiger partial charge in [-0.2, -0.15) is 0 Å². The summed E-state index contributed by atoms with van der Waals surface area (Å²) < 4.78 is 13.8. The van der Waals surface area contributed by atoms with Crippen LogP contribution in [0.4, 0.5) is 4.39 Å². The lowest BCUT2D eigenvalue weighted by Crippen LogP contribution is -2.47. The topological polar surface area (TPSA) is 130 Å². The Kier molecular flexibility index (Phi) is 13.0. The van der Waals surface area contributed by atoms with Crippen molar-refractivity contribution in [1.82, 2.24) is 9.80 Å². The number of nitrogens with two attached hydrogens (primary N) is 2. The summed E-state index contributed by atoms with van der Waals surface area (Å²) >= 11 is 5.95. The van der Waals surface area contributed by atoms with Gasteiger partial charge < -0.3 is 26.4 Å². The van der Waals surface area contributed by atoms with Crippen molar-refractivity contribution in [3.63, 3.8) is 0 Å². The second-order valence-corrected chi connectivity index (χ2v) is 11.0. The molecule has 0 heterocycles. The molecule has 0 fully saturated rings. The first-order valence-corrected chi connectivity index (χ1v) is 14.2. The lowest BCUT2D eigenvalue weighted by atomic mass is 10.00. The molecule has 0 aliphatic rings. The lowest BCUT2D eigenvalue weighted by Gasteiger charge is -2.29. The number of halogens is 2. The van der Waals surface area contributed by atoms with Crippen LogP contribution in [0.1, 0.15) is 83.6 Å². The van der Waals surface area contributed by atoms with Crippen LogP contribution in [0.2, 0.25) is 5.02 Å². The predicted octanol–water partition coefficient (Wildman–Crippen LogP) is 4.26. The summed E-state index contributed by atoms with van der Waals surface area (Å²) in [5.74, 6) is -1.75. The van der Waals surface area contributed by atoms with Gasteiger partial charge in [-0.05, 0) is 73.6 Å². The van der Waals surface area contributed by atoms with E-state index < -0.39 is 29.8 Å². The summed E-state index contributed by atoms with van der Waals surface area (Å²) in [5.41, 5.74) is 12.7. The van der Waals surface area contributed by atoms with E-state index in [-0.39, 0.29) is 46.5 Å². The minimum absolute atomic E-state index is 0.0474. The van der Waals surface area contributed by atoms with E-state index in [0.717, 1.165) is 12.8 Å². The van der Waals surface area contributed by atoms with Gasteiger partial charge in [0.15, 0.2) is 0 Å². The van der Waals surface area contributed by atoms with Crippen molar-refractivity contribution in [3.05, 3.63) is 69.5 Å². The predicted molar refractivity (Wildman–Crippen MR) is 156 cm³/mol. The van der Waals surface area contributed by atoms with E-state index in [9.17, 15) is 23.9 Å². The van der Waals surface area contributed by atoms with Gasteiger partial charge >= 0.3 is 0 Å². The van der Waals surface area contributed by atoms with Gasteiger partial charge in [-0.3, -0.25) is 14.4 Å². The van der Waals surface area contributed by atoms with Gasteiger partial charge in [0.05, 0.1) is 6.10 Å². The molecule has 220 valence electrons. The second-order valence-electron chi connectivity index (χ2n) is 10.6. The minimum atomic E-state index is -1.14. The van der Waals surface area contributed by atoms with Gasteiger partial charge in [0.25, 0.3) is 11.8 Å². The van der Waals surface area contributed by atoms with Crippen molar-refractivity contribution in [2.75, 3.05) is 26.2 Å². The molecule has 0 saturated carbocycles. The SMILES string of the molecule is CCCN(CCC)C(=O)c1cc(C(N)=O)cc(C(=O)N(CCC(C)C)C[C@@H](O)[C@@H](N)Cc2cc(F)cc(Cl)c2)c1. The third-order valence-corrected chi connectivity index (χ3v) is 6.76. The van der Waals surface area contributed by atoms with E-state index in [2.05, 4.69) is 0 Å². The van der Waals surface area contributed by atoms with Crippen LogP contribution in [0.25, 0.3) is 0 Å². The smallest absolute Gasteiger partial charge is 0.253 e. The van der Waals surface area contributed by atoms with E-state index in [4.69, 9.17) is 23.1 Å². The number of primary amides is 1. The minimum Gasteiger partial charge on any atom is -0.390 e. The van der Waals surface area contributed by atoms with Crippen molar-refractivity contribution in [1.29, 1.82) is 0 Å². The Bertz CT molecular complexity index is 1150. The standard InChI is InChI=1S/C30H42ClFN4O4/c1-5-8-35(9-6-2)29(39)22-14-21(28(34)38)15-23(16-22)30(40)36(10-7-19(3)4)18-27(37)26(33)13-20-11-24(31)17-25(32)12-20/h11-12,14-17,19,26-27,37H,5-10,13,18,33H2,1-4H3,(H2,34,38)/t26-,27+/m0/s1. The number of carbonyl (C=O) groups excluding carboxylic acids is 3. The fourth-order valence-electron chi connectivity index (χ4n) is 4.42. The molecule has 0 aromatic heterocycles. The molecule has 2 aromatic rings. The average Bonchev–Trinajstić information content (AvgIpc) is 2.88. The molecular formula is C30H42ClFN4O4. The molecule has 2 atom stereocenters. The number of aliphatic hydroxyl groups is 1. The van der Waals surface area contributed by atoms with Gasteiger partial charge in [0, 0.05) is 53.9 Å². The molecule has 0 radical (unpaired) electrons. The maximum absolute atomic E-state index is 13.8. The maximum atomic E-state index is 13.8. The molecule has 2 rings (SSSR count). The van der Waals surface area contributed by atoms with Gasteiger partial charge in [0.2, 0.25) is 5.91 Å². The Morgan fingerprint density at radius 2 is 1.45 bits per heavy atom. The highest BCUT2D eigenvalue weighted by Gasteiger charge is 2.26. The van der Waals surface area contributed by atoms with Gasteiger partial charge in [0.1, 0.15) is 5.82 Å². The molecule has 0 aliphatic heterocycles. The highest BCUT2D eigenvalue weighted by molar-refractivity contribution is 6.30. The Morgan fingerprint density at radius 1 is 0.900 bits per heavy atom. The number of nitrogens with zero attached hydrogens (tertiary/aromatic N) is 2. The van der Waals surface area contributed by atoms with Crippen molar-refractivity contribution < 1.29 is 23.9 Å². The molecule has 10 heteroatoms. The summed E-state index contributed by atoms with van der Waals surface area (Å²) in [6, 6.07) is 7.50. The van der Waals surface area contributed by atoms with Crippen LogP contribution in [-0.4, -0.2) is 71.0 Å². The normalized spacial score (nSPS) is 12.7. The van der Waals surface area contributed by atoms with Crippen LogP contribution in [0, 0.1) is 11.7 Å². The number of hydrogen-bond donors (Lipinski definition) is 3. The zero-order valence-electron chi connectivity index (χ0n) is 23.8. The average molecular weight is 577 g/mol. The molecule has 2 aromatic carbocycles. The van der Waals surface area contributed by atoms with Crippen molar-refractivity contribution in [2.45, 2.75) is 65.5 Å². The number of aliphatic hydroxyl groups excluding tert-OH is 1. The molecule has 8 nitrogen and oxygen atoms in total. The summed E-state index contributed by atoms with van der Waals surface area (Å²) in [4.78, 5) is 42.3. The molecule has 0 spiro atoms. The van der Waals surface area contributed by atoms with Gasteiger partial charge in [-0.25, -0.2) is 4.39 Å². The summed E-state index contributed by atoms with van der Waals surface area (Å²) in [7, 11) is 0. The highest BCUT2D eigenvalue weighted by atomic mass is 35.5. The molecule has 0 bridgehead atoms. The molecule has 0 saturated heterocycles. The second kappa shape index (κ2) is 15.7. The van der Waals surface area contributed by atoms with Crippen LogP contribution >= 0.6 is 11.6 Å². The Hall–Kier alpha value is -3.01. The molecule has 0 aliphatic carbocycles. The number of benzene rings is 2. The maximum Gasteiger partial charge on any atom is 0.253 e. The number of rotatable bonds is 15. The lowest BCUT2D eigenvalue weighted by molar-refractivity contribution is 0.0563. The van der Waals surface area contributed by atoms with Gasteiger partial charge in [-0.1, -0.05) is 39.3 Å².